The molecule has 1 aromatic carbocycles. The molecule has 4 heteroatoms. The van der Waals surface area contributed by atoms with Crippen molar-refractivity contribution < 1.29 is 0 Å². The van der Waals surface area contributed by atoms with Gasteiger partial charge in [0.2, 0.25) is 0 Å². The highest BCUT2D eigenvalue weighted by Crippen LogP contribution is 2.27. The molecule has 2 atom stereocenters. The van der Waals surface area contributed by atoms with E-state index in [0.717, 1.165) is 11.4 Å². The zero-order valence-corrected chi connectivity index (χ0v) is 10.7. The number of hydrazine groups is 1. The summed E-state index contributed by atoms with van der Waals surface area (Å²) in [6, 6.07) is 8.40. The Kier molecular flexibility index (Phi) is 4.53. The second-order valence-electron chi connectivity index (χ2n) is 4.23. The normalized spacial score (nSPS) is 22.2. The van der Waals surface area contributed by atoms with E-state index in [4.69, 9.17) is 17.4 Å². The predicted octanol–water partition coefficient (Wildman–Crippen LogP) is 2.47. The van der Waals surface area contributed by atoms with Gasteiger partial charge in [0.25, 0.3) is 0 Å². The van der Waals surface area contributed by atoms with E-state index in [-0.39, 0.29) is 0 Å². The number of nitrogens with two attached hydrogens (primary N) is 1. The van der Waals surface area contributed by atoms with E-state index >= 15 is 0 Å². The lowest BCUT2D eigenvalue weighted by Gasteiger charge is -2.22. The van der Waals surface area contributed by atoms with Gasteiger partial charge in [-0.2, -0.15) is 11.8 Å². The minimum Gasteiger partial charge on any atom is -0.271 e. The first-order valence-corrected chi connectivity index (χ1v) is 7.11. The number of hydrogen-bond acceptors (Lipinski definition) is 3. The molecule has 1 aromatic rings. The van der Waals surface area contributed by atoms with E-state index < -0.39 is 0 Å². The second-order valence-corrected chi connectivity index (χ2v) is 5.82. The fraction of sp³-hybridized carbons (Fsp3) is 0.500. The average molecular weight is 257 g/mol. The monoisotopic (exact) mass is 256 g/mol. The molecule has 2 nitrogen and oxygen atoms in total. The summed E-state index contributed by atoms with van der Waals surface area (Å²) >= 11 is 7.99. The first-order chi connectivity index (χ1) is 7.79. The molecule has 0 radical (unpaired) electrons. The number of halogens is 1. The Labute approximate surface area is 106 Å². The Hall–Kier alpha value is -0.220. The summed E-state index contributed by atoms with van der Waals surface area (Å²) in [6.45, 7) is 0. The standard InChI is InChI=1S/C12H17ClN2S/c13-11-3-1-2-9(6-11)7-12(15-14)10-4-5-16-8-10/h1-3,6,10,12,15H,4-5,7-8,14H2. The van der Waals surface area contributed by atoms with Gasteiger partial charge in [0.1, 0.15) is 0 Å². The number of rotatable bonds is 4. The predicted molar refractivity (Wildman–Crippen MR) is 71.7 cm³/mol. The molecule has 2 rings (SSSR count). The third-order valence-electron chi connectivity index (χ3n) is 3.09. The zero-order valence-electron chi connectivity index (χ0n) is 9.16. The maximum Gasteiger partial charge on any atom is 0.0408 e. The largest absolute Gasteiger partial charge is 0.271 e. The third kappa shape index (κ3) is 3.14. The fourth-order valence-electron chi connectivity index (χ4n) is 2.15. The number of nitrogens with one attached hydrogen (secondary N) is 1. The van der Waals surface area contributed by atoms with Crippen LogP contribution in [0.4, 0.5) is 0 Å². The van der Waals surface area contributed by atoms with Crippen molar-refractivity contribution in [3.05, 3.63) is 34.9 Å². The van der Waals surface area contributed by atoms with Crippen molar-refractivity contribution in [3.8, 4) is 0 Å². The lowest BCUT2D eigenvalue weighted by atomic mass is 9.93. The van der Waals surface area contributed by atoms with Crippen LogP contribution < -0.4 is 11.3 Å². The van der Waals surface area contributed by atoms with Crippen LogP contribution in [0.15, 0.2) is 24.3 Å². The van der Waals surface area contributed by atoms with Crippen molar-refractivity contribution in [2.24, 2.45) is 11.8 Å². The van der Waals surface area contributed by atoms with Gasteiger partial charge in [-0.15, -0.1) is 0 Å². The Morgan fingerprint density at radius 3 is 3.06 bits per heavy atom. The Morgan fingerprint density at radius 2 is 2.44 bits per heavy atom. The van der Waals surface area contributed by atoms with Crippen LogP contribution in [0.2, 0.25) is 5.02 Å². The zero-order chi connectivity index (χ0) is 11.4. The molecule has 0 aliphatic carbocycles. The average Bonchev–Trinajstić information content (AvgIpc) is 2.79. The lowest BCUT2D eigenvalue weighted by molar-refractivity contribution is 0.386. The van der Waals surface area contributed by atoms with Gasteiger partial charge in [0, 0.05) is 11.1 Å². The molecule has 1 fully saturated rings. The van der Waals surface area contributed by atoms with Gasteiger partial charge < -0.3 is 0 Å². The molecule has 88 valence electrons. The molecule has 0 saturated carbocycles. The minimum absolute atomic E-state index is 0.369. The Balaban J connectivity index is 2.00. The van der Waals surface area contributed by atoms with E-state index in [1.54, 1.807) is 0 Å². The summed E-state index contributed by atoms with van der Waals surface area (Å²) in [7, 11) is 0. The molecule has 1 aliphatic heterocycles. The lowest BCUT2D eigenvalue weighted by Crippen LogP contribution is -2.42. The van der Waals surface area contributed by atoms with Gasteiger partial charge in [0.15, 0.2) is 0 Å². The third-order valence-corrected chi connectivity index (χ3v) is 4.52. The molecule has 16 heavy (non-hydrogen) atoms. The first kappa shape index (κ1) is 12.2. The summed E-state index contributed by atoms with van der Waals surface area (Å²) in [5.41, 5.74) is 4.21. The Bertz CT molecular complexity index is 340. The van der Waals surface area contributed by atoms with Gasteiger partial charge in [-0.1, -0.05) is 23.7 Å². The van der Waals surface area contributed by atoms with Crippen LogP contribution in [0.1, 0.15) is 12.0 Å². The molecule has 1 heterocycles. The maximum atomic E-state index is 5.98. The van der Waals surface area contributed by atoms with Gasteiger partial charge in [-0.05, 0) is 48.0 Å². The Morgan fingerprint density at radius 1 is 1.56 bits per heavy atom. The molecule has 2 unspecified atom stereocenters. The van der Waals surface area contributed by atoms with Crippen molar-refractivity contribution in [2.75, 3.05) is 11.5 Å². The van der Waals surface area contributed by atoms with Crippen LogP contribution >= 0.6 is 23.4 Å². The summed E-state index contributed by atoms with van der Waals surface area (Å²) in [5.74, 6) is 8.82. The van der Waals surface area contributed by atoms with E-state index in [1.807, 2.05) is 30.0 Å². The van der Waals surface area contributed by atoms with Gasteiger partial charge >= 0.3 is 0 Å². The van der Waals surface area contributed by atoms with Crippen molar-refractivity contribution in [2.45, 2.75) is 18.9 Å². The summed E-state index contributed by atoms with van der Waals surface area (Å²) in [6.07, 6.45) is 2.22. The smallest absolute Gasteiger partial charge is 0.0408 e. The van der Waals surface area contributed by atoms with E-state index in [9.17, 15) is 0 Å². The SMILES string of the molecule is NNC(Cc1cccc(Cl)c1)C1CCSC1. The van der Waals surface area contributed by atoms with Crippen molar-refractivity contribution >= 4 is 23.4 Å². The van der Waals surface area contributed by atoms with Crippen molar-refractivity contribution in [1.82, 2.24) is 5.43 Å². The molecule has 0 aromatic heterocycles. The van der Waals surface area contributed by atoms with Crippen LogP contribution in [0.25, 0.3) is 0 Å². The van der Waals surface area contributed by atoms with Gasteiger partial charge in [0.05, 0.1) is 0 Å². The van der Waals surface area contributed by atoms with E-state index in [0.29, 0.717) is 12.0 Å². The molecular formula is C12H17ClN2S. The first-order valence-electron chi connectivity index (χ1n) is 5.58. The van der Waals surface area contributed by atoms with Gasteiger partial charge in [-0.25, -0.2) is 0 Å². The minimum atomic E-state index is 0.369. The second kappa shape index (κ2) is 5.92. The number of hydrogen-bond donors (Lipinski definition) is 2. The number of thioether (sulfide) groups is 1. The molecule has 0 spiro atoms. The van der Waals surface area contributed by atoms with Crippen LogP contribution in [0.3, 0.4) is 0 Å². The molecular weight excluding hydrogens is 240 g/mol. The fourth-order valence-corrected chi connectivity index (χ4v) is 3.70. The summed E-state index contributed by atoms with van der Waals surface area (Å²) < 4.78 is 0. The highest BCUT2D eigenvalue weighted by Gasteiger charge is 2.24. The van der Waals surface area contributed by atoms with Crippen LogP contribution in [-0.4, -0.2) is 17.5 Å². The van der Waals surface area contributed by atoms with Crippen LogP contribution in [0.5, 0.6) is 0 Å². The highest BCUT2D eigenvalue weighted by atomic mass is 35.5. The van der Waals surface area contributed by atoms with Crippen molar-refractivity contribution in [1.29, 1.82) is 0 Å². The summed E-state index contributed by atoms with van der Waals surface area (Å²) in [5, 5.41) is 0.800. The maximum absolute atomic E-state index is 5.98. The van der Waals surface area contributed by atoms with Crippen LogP contribution in [-0.2, 0) is 6.42 Å². The van der Waals surface area contributed by atoms with Crippen LogP contribution in [0, 0.1) is 5.92 Å². The summed E-state index contributed by atoms with van der Waals surface area (Å²) in [4.78, 5) is 0. The molecule has 0 amide bonds. The van der Waals surface area contributed by atoms with E-state index in [2.05, 4.69) is 11.5 Å². The van der Waals surface area contributed by atoms with E-state index in [1.165, 1.54) is 23.5 Å². The highest BCUT2D eigenvalue weighted by molar-refractivity contribution is 7.99. The molecule has 3 N–H and O–H groups in total. The quantitative estimate of drug-likeness (QED) is 0.642. The van der Waals surface area contributed by atoms with Gasteiger partial charge in [-0.3, -0.25) is 11.3 Å². The molecule has 0 bridgehead atoms. The molecule has 1 saturated heterocycles. The van der Waals surface area contributed by atoms with Crippen molar-refractivity contribution in [3.63, 3.8) is 0 Å². The topological polar surface area (TPSA) is 38.0 Å². The number of benzene rings is 1. The molecule has 1 aliphatic rings.